The van der Waals surface area contributed by atoms with Gasteiger partial charge in [-0.15, -0.1) is 0 Å². The Hall–Kier alpha value is -2.80. The van der Waals surface area contributed by atoms with Crippen molar-refractivity contribution in [3.05, 3.63) is 41.3 Å². The fourth-order valence-corrected chi connectivity index (χ4v) is 3.37. The molecule has 0 aliphatic carbocycles. The molecule has 0 saturated carbocycles. The van der Waals surface area contributed by atoms with Crippen LogP contribution in [0.15, 0.2) is 29.3 Å². The van der Waals surface area contributed by atoms with Gasteiger partial charge < -0.3 is 15.0 Å². The molecule has 1 fully saturated rings. The van der Waals surface area contributed by atoms with E-state index in [-0.39, 0.29) is 12.2 Å². The van der Waals surface area contributed by atoms with Crippen molar-refractivity contribution in [2.75, 3.05) is 36.5 Å². The number of carbonyl (C=O) groups is 1. The van der Waals surface area contributed by atoms with E-state index < -0.39 is 0 Å². The van der Waals surface area contributed by atoms with Gasteiger partial charge in [0.15, 0.2) is 5.82 Å². The fraction of sp³-hybridized carbons (Fsp3) is 0.400. The third-order valence-electron chi connectivity index (χ3n) is 4.59. The number of hydrogen-bond acceptors (Lipinski definition) is 7. The first kappa shape index (κ1) is 17.6. The Labute approximate surface area is 158 Å². The van der Waals surface area contributed by atoms with Gasteiger partial charge in [0.05, 0.1) is 31.7 Å². The van der Waals surface area contributed by atoms with E-state index in [2.05, 4.69) is 39.2 Å². The van der Waals surface area contributed by atoms with Crippen molar-refractivity contribution >= 4 is 28.8 Å². The van der Waals surface area contributed by atoms with Crippen LogP contribution in [0.4, 0.5) is 17.2 Å². The van der Waals surface area contributed by atoms with Gasteiger partial charge in [-0.1, -0.05) is 12.1 Å². The summed E-state index contributed by atoms with van der Waals surface area (Å²) in [6.07, 6.45) is 0.847. The SMILES string of the molecule is CC(=O)Cc1nc2c(c(N3CCOCC3)n1)N=C(Nc1cccc(C)c1)C2. The van der Waals surface area contributed by atoms with Crippen LogP contribution < -0.4 is 10.2 Å². The molecule has 0 bridgehead atoms. The monoisotopic (exact) mass is 365 g/mol. The summed E-state index contributed by atoms with van der Waals surface area (Å²) in [4.78, 5) is 27.8. The number of fused-ring (bicyclic) bond motifs is 1. The van der Waals surface area contributed by atoms with Crippen LogP contribution in [0, 0.1) is 6.92 Å². The number of ketones is 1. The normalized spacial score (nSPS) is 16.1. The van der Waals surface area contributed by atoms with E-state index in [1.54, 1.807) is 6.92 Å². The summed E-state index contributed by atoms with van der Waals surface area (Å²) in [7, 11) is 0. The van der Waals surface area contributed by atoms with Crippen molar-refractivity contribution < 1.29 is 9.53 Å². The summed E-state index contributed by atoms with van der Waals surface area (Å²) in [5.74, 6) is 2.27. The number of morpholine rings is 1. The molecule has 0 spiro atoms. The maximum atomic E-state index is 11.6. The molecule has 4 rings (SSSR count). The van der Waals surface area contributed by atoms with Gasteiger partial charge in [-0.3, -0.25) is 4.79 Å². The van der Waals surface area contributed by atoms with Crippen molar-refractivity contribution in [1.82, 2.24) is 9.97 Å². The van der Waals surface area contributed by atoms with Gasteiger partial charge in [0.25, 0.3) is 0 Å². The maximum Gasteiger partial charge on any atom is 0.158 e. The topological polar surface area (TPSA) is 79.7 Å². The maximum absolute atomic E-state index is 11.6. The Morgan fingerprint density at radius 3 is 2.81 bits per heavy atom. The standard InChI is InChI=1S/C20H23N5O2/c1-13-4-3-5-15(10-13)21-18-12-16-19(23-18)20(25-6-8-27-9-7-25)24-17(22-16)11-14(2)26/h3-5,10H,6-9,11-12H2,1-2H3,(H,21,23). The Bertz CT molecular complexity index is 903. The van der Waals surface area contributed by atoms with E-state index >= 15 is 0 Å². The molecule has 0 amide bonds. The van der Waals surface area contributed by atoms with Crippen LogP contribution >= 0.6 is 0 Å². The number of benzene rings is 1. The smallest absolute Gasteiger partial charge is 0.158 e. The molecule has 140 valence electrons. The molecule has 7 heteroatoms. The number of anilines is 2. The molecule has 0 radical (unpaired) electrons. The number of hydrogen-bond donors (Lipinski definition) is 1. The second-order valence-corrected chi connectivity index (χ2v) is 6.97. The van der Waals surface area contributed by atoms with Gasteiger partial charge >= 0.3 is 0 Å². The molecule has 0 unspecified atom stereocenters. The minimum atomic E-state index is 0.0555. The summed E-state index contributed by atoms with van der Waals surface area (Å²) >= 11 is 0. The minimum absolute atomic E-state index is 0.0555. The zero-order valence-electron chi connectivity index (χ0n) is 15.7. The van der Waals surface area contributed by atoms with E-state index in [1.807, 2.05) is 12.1 Å². The third-order valence-corrected chi connectivity index (χ3v) is 4.59. The van der Waals surface area contributed by atoms with E-state index in [0.717, 1.165) is 41.8 Å². The first-order valence-electron chi connectivity index (χ1n) is 9.21. The Morgan fingerprint density at radius 1 is 1.26 bits per heavy atom. The average Bonchev–Trinajstić information content (AvgIpc) is 3.03. The zero-order chi connectivity index (χ0) is 18.8. The van der Waals surface area contributed by atoms with Crippen LogP contribution in [0.25, 0.3) is 0 Å². The zero-order valence-corrected chi connectivity index (χ0v) is 15.7. The summed E-state index contributed by atoms with van der Waals surface area (Å²) < 4.78 is 5.46. The lowest BCUT2D eigenvalue weighted by atomic mass is 10.2. The third kappa shape index (κ3) is 3.98. The van der Waals surface area contributed by atoms with Crippen LogP contribution in [0.2, 0.25) is 0 Å². The number of nitrogens with zero attached hydrogens (tertiary/aromatic N) is 4. The number of aromatic nitrogens is 2. The average molecular weight is 365 g/mol. The number of carbonyl (C=O) groups excluding carboxylic acids is 1. The van der Waals surface area contributed by atoms with Gasteiger partial charge in [-0.2, -0.15) is 0 Å². The molecule has 2 aliphatic rings. The summed E-state index contributed by atoms with van der Waals surface area (Å²) in [5, 5.41) is 3.39. The molecule has 1 aromatic carbocycles. The fourth-order valence-electron chi connectivity index (χ4n) is 3.37. The molecule has 2 aliphatic heterocycles. The molecule has 27 heavy (non-hydrogen) atoms. The molecule has 2 aromatic rings. The predicted molar refractivity (Wildman–Crippen MR) is 105 cm³/mol. The number of aliphatic imine (C=N–C) groups is 1. The molecular formula is C20H23N5O2. The summed E-state index contributed by atoms with van der Waals surface area (Å²) in [6, 6.07) is 8.19. The van der Waals surface area contributed by atoms with Crippen molar-refractivity contribution in [1.29, 1.82) is 0 Å². The molecule has 7 nitrogen and oxygen atoms in total. The van der Waals surface area contributed by atoms with Crippen molar-refractivity contribution in [3.63, 3.8) is 0 Å². The van der Waals surface area contributed by atoms with Crippen LogP contribution in [0.5, 0.6) is 0 Å². The largest absolute Gasteiger partial charge is 0.378 e. The molecule has 0 atom stereocenters. The van der Waals surface area contributed by atoms with E-state index in [0.29, 0.717) is 25.5 Å². The van der Waals surface area contributed by atoms with Crippen LogP contribution in [0.1, 0.15) is 24.0 Å². The van der Waals surface area contributed by atoms with E-state index in [1.165, 1.54) is 5.56 Å². The van der Waals surface area contributed by atoms with Crippen molar-refractivity contribution in [3.8, 4) is 0 Å². The van der Waals surface area contributed by atoms with Crippen LogP contribution in [0.3, 0.4) is 0 Å². The van der Waals surface area contributed by atoms with E-state index in [4.69, 9.17) is 9.73 Å². The van der Waals surface area contributed by atoms with Crippen molar-refractivity contribution in [2.24, 2.45) is 4.99 Å². The summed E-state index contributed by atoms with van der Waals surface area (Å²) in [6.45, 7) is 6.48. The van der Waals surface area contributed by atoms with Gasteiger partial charge in [0.1, 0.15) is 23.1 Å². The first-order chi connectivity index (χ1) is 13.1. The number of nitrogens with one attached hydrogen (secondary N) is 1. The second kappa shape index (κ2) is 7.44. The van der Waals surface area contributed by atoms with Crippen LogP contribution in [-0.2, 0) is 22.4 Å². The van der Waals surface area contributed by atoms with Crippen LogP contribution in [-0.4, -0.2) is 47.9 Å². The lowest BCUT2D eigenvalue weighted by Crippen LogP contribution is -2.37. The predicted octanol–water partition coefficient (Wildman–Crippen LogP) is 2.45. The highest BCUT2D eigenvalue weighted by Gasteiger charge is 2.26. The Kier molecular flexibility index (Phi) is 4.85. The number of ether oxygens (including phenoxy) is 1. The Balaban J connectivity index is 1.66. The molecular weight excluding hydrogens is 342 g/mol. The molecule has 1 N–H and O–H groups in total. The number of amidine groups is 1. The first-order valence-corrected chi connectivity index (χ1v) is 9.21. The number of Topliss-reactive ketones (excluding diaryl/α,β-unsaturated/α-hetero) is 1. The lowest BCUT2D eigenvalue weighted by molar-refractivity contribution is -0.116. The van der Waals surface area contributed by atoms with Crippen molar-refractivity contribution in [2.45, 2.75) is 26.7 Å². The molecule has 3 heterocycles. The lowest BCUT2D eigenvalue weighted by Gasteiger charge is -2.28. The number of rotatable bonds is 4. The highest BCUT2D eigenvalue weighted by Crippen LogP contribution is 2.35. The minimum Gasteiger partial charge on any atom is -0.378 e. The van der Waals surface area contributed by atoms with E-state index in [9.17, 15) is 4.79 Å². The second-order valence-electron chi connectivity index (χ2n) is 6.97. The highest BCUT2D eigenvalue weighted by atomic mass is 16.5. The number of aryl methyl sites for hydroxylation is 1. The van der Waals surface area contributed by atoms with Gasteiger partial charge in [-0.25, -0.2) is 15.0 Å². The van der Waals surface area contributed by atoms with Gasteiger partial charge in [-0.05, 0) is 31.5 Å². The van der Waals surface area contributed by atoms with Gasteiger partial charge in [0.2, 0.25) is 0 Å². The summed E-state index contributed by atoms with van der Waals surface area (Å²) in [5.41, 5.74) is 3.87. The van der Waals surface area contributed by atoms with Gasteiger partial charge in [0, 0.05) is 18.8 Å². The molecule has 1 saturated heterocycles. The molecule has 1 aromatic heterocycles. The Morgan fingerprint density at radius 2 is 2.07 bits per heavy atom. The quantitative estimate of drug-likeness (QED) is 0.897. The highest BCUT2D eigenvalue weighted by molar-refractivity contribution is 6.03.